The van der Waals surface area contributed by atoms with Crippen LogP contribution in [0.3, 0.4) is 0 Å². The first kappa shape index (κ1) is 17.5. The van der Waals surface area contributed by atoms with E-state index in [2.05, 4.69) is 15.3 Å². The van der Waals surface area contributed by atoms with Crippen LogP contribution in [0.25, 0.3) is 0 Å². The summed E-state index contributed by atoms with van der Waals surface area (Å²) in [7, 11) is -4.14. The van der Waals surface area contributed by atoms with Crippen molar-refractivity contribution in [2.24, 2.45) is 0 Å². The summed E-state index contributed by atoms with van der Waals surface area (Å²) in [5, 5.41) is 1.56. The smallest absolute Gasteiger partial charge is 0.275 e. The molecule has 0 saturated heterocycles. The molecular weight excluding hydrogens is 360 g/mol. The number of hydrogen-bond acceptors (Lipinski definition) is 6. The molecule has 122 valence electrons. The van der Waals surface area contributed by atoms with Crippen LogP contribution in [0.15, 0.2) is 29.2 Å². The number of allylic oxidation sites excluding steroid dienone is 4. The van der Waals surface area contributed by atoms with Crippen molar-refractivity contribution >= 4 is 50.7 Å². The van der Waals surface area contributed by atoms with Crippen LogP contribution in [0, 0.1) is 13.8 Å². The number of amides is 2. The van der Waals surface area contributed by atoms with Crippen LogP contribution < -0.4 is 10.0 Å². The van der Waals surface area contributed by atoms with Crippen molar-refractivity contribution in [2.75, 3.05) is 5.32 Å². The molecule has 0 bridgehead atoms. The number of hydrogen-bond donors (Lipinski definition) is 2. The molecule has 0 saturated carbocycles. The second-order valence-corrected chi connectivity index (χ2v) is 7.28. The van der Waals surface area contributed by atoms with Gasteiger partial charge in [0.25, 0.3) is 10.0 Å². The molecule has 1 aromatic rings. The van der Waals surface area contributed by atoms with E-state index in [1.807, 2.05) is 4.72 Å². The zero-order chi connectivity index (χ0) is 17.2. The summed E-state index contributed by atoms with van der Waals surface area (Å²) in [5.41, 5.74) is 1.28. The molecule has 0 radical (unpaired) electrons. The van der Waals surface area contributed by atoms with Gasteiger partial charge in [-0.15, -0.1) is 11.6 Å². The maximum atomic E-state index is 12.2. The topological polar surface area (TPSA) is 101 Å². The largest absolute Gasteiger partial charge is 0.335 e. The first-order valence-corrected chi connectivity index (χ1v) is 8.75. The molecule has 0 aliphatic heterocycles. The van der Waals surface area contributed by atoms with Crippen molar-refractivity contribution in [3.8, 4) is 0 Å². The molecule has 7 nitrogen and oxygen atoms in total. The van der Waals surface area contributed by atoms with Gasteiger partial charge >= 0.3 is 6.03 Å². The van der Waals surface area contributed by atoms with Crippen molar-refractivity contribution in [1.29, 1.82) is 0 Å². The number of nitrogens with one attached hydrogen (secondary N) is 2. The molecule has 0 fully saturated rings. The van der Waals surface area contributed by atoms with E-state index in [9.17, 15) is 13.2 Å². The van der Waals surface area contributed by atoms with Gasteiger partial charge in [-0.2, -0.15) is 0 Å². The van der Waals surface area contributed by atoms with Gasteiger partial charge in [-0.25, -0.2) is 27.9 Å². The summed E-state index contributed by atoms with van der Waals surface area (Å²) in [4.78, 5) is 19.7. The summed E-state index contributed by atoms with van der Waals surface area (Å²) in [6.07, 6.45) is 4.30. The molecule has 2 rings (SSSR count). The number of aryl methyl sites for hydroxylation is 2. The van der Waals surface area contributed by atoms with Gasteiger partial charge in [0.1, 0.15) is 4.91 Å². The van der Waals surface area contributed by atoms with E-state index in [4.69, 9.17) is 23.8 Å². The Labute approximate surface area is 143 Å². The summed E-state index contributed by atoms with van der Waals surface area (Å²) >= 11 is 10.9. The number of anilines is 1. The summed E-state index contributed by atoms with van der Waals surface area (Å²) in [5.74, 6) is 0.00511. The van der Waals surface area contributed by atoms with Gasteiger partial charge in [-0.05, 0) is 26.0 Å². The Morgan fingerprint density at radius 3 is 2.52 bits per heavy atom. The second-order valence-electron chi connectivity index (χ2n) is 4.72. The lowest BCUT2D eigenvalue weighted by Crippen LogP contribution is -2.38. The lowest BCUT2D eigenvalue weighted by molar-refractivity contribution is 0.256. The highest BCUT2D eigenvalue weighted by molar-refractivity contribution is 7.97. The van der Waals surface area contributed by atoms with Crippen molar-refractivity contribution in [1.82, 2.24) is 14.7 Å². The van der Waals surface area contributed by atoms with Crippen molar-refractivity contribution in [3.63, 3.8) is 0 Å². The quantitative estimate of drug-likeness (QED) is 0.621. The van der Waals surface area contributed by atoms with Gasteiger partial charge in [0.15, 0.2) is 0 Å². The van der Waals surface area contributed by atoms with Gasteiger partial charge in [-0.3, -0.25) is 5.32 Å². The number of alkyl halides is 1. The molecule has 10 heteroatoms. The molecule has 0 spiro atoms. The minimum absolute atomic E-state index is 0.00511. The number of rotatable bonds is 3. The molecule has 1 aliphatic carbocycles. The van der Waals surface area contributed by atoms with Gasteiger partial charge < -0.3 is 0 Å². The monoisotopic (exact) mass is 372 g/mol. The summed E-state index contributed by atoms with van der Waals surface area (Å²) in [6.45, 7) is 3.46. The lowest BCUT2D eigenvalue weighted by atomic mass is 10.2. The van der Waals surface area contributed by atoms with Gasteiger partial charge in [0.05, 0.1) is 10.2 Å². The van der Waals surface area contributed by atoms with Crippen LogP contribution in [0.2, 0.25) is 0 Å². The van der Waals surface area contributed by atoms with Gasteiger partial charge in [0, 0.05) is 11.4 Å². The first-order chi connectivity index (χ1) is 10.7. The predicted octanol–water partition coefficient (Wildman–Crippen LogP) is 1.98. The third-order valence-corrected chi connectivity index (χ3v) is 5.23. The zero-order valence-corrected chi connectivity index (χ0v) is 14.6. The van der Waals surface area contributed by atoms with Crippen molar-refractivity contribution in [3.05, 3.63) is 40.6 Å². The predicted molar refractivity (Wildman–Crippen MR) is 92.0 cm³/mol. The molecule has 1 aromatic heterocycles. The molecule has 1 unspecified atom stereocenters. The minimum Gasteiger partial charge on any atom is -0.275 e. The number of thiocarbonyl (C=S) groups is 1. The average Bonchev–Trinajstić information content (AvgIpc) is 2.39. The maximum Gasteiger partial charge on any atom is 0.335 e. The molecule has 23 heavy (non-hydrogen) atoms. The van der Waals surface area contributed by atoms with Crippen molar-refractivity contribution in [2.45, 2.75) is 19.2 Å². The first-order valence-electron chi connectivity index (χ1n) is 6.42. The third kappa shape index (κ3) is 4.34. The number of aromatic nitrogens is 2. The number of urea groups is 1. The molecule has 0 aromatic carbocycles. The number of nitrogens with zero attached hydrogens (tertiary/aromatic N) is 2. The standard InChI is InChI=1S/C13H13ClN4O3S2/c1-7-6-8(2)16-12(15-7)17-13(19)18-23(20,21)10-5-3-4-9(14)11(10)22/h3-6,9H,1-2H3,(H2,15,16,17,18,19). The van der Waals surface area contributed by atoms with Crippen LogP contribution in [0.5, 0.6) is 0 Å². The fourth-order valence-electron chi connectivity index (χ4n) is 1.85. The number of sulfonamides is 1. The van der Waals surface area contributed by atoms with E-state index in [0.29, 0.717) is 11.4 Å². The van der Waals surface area contributed by atoms with Crippen LogP contribution >= 0.6 is 23.8 Å². The zero-order valence-electron chi connectivity index (χ0n) is 12.2. The third-order valence-electron chi connectivity index (χ3n) is 2.75. The Morgan fingerprint density at radius 1 is 1.30 bits per heavy atom. The van der Waals surface area contributed by atoms with Crippen molar-refractivity contribution < 1.29 is 13.2 Å². The van der Waals surface area contributed by atoms with Gasteiger partial charge in [0.2, 0.25) is 5.95 Å². The van der Waals surface area contributed by atoms with Crippen LogP contribution in [-0.4, -0.2) is 34.7 Å². The maximum absolute atomic E-state index is 12.2. The van der Waals surface area contributed by atoms with E-state index in [1.54, 1.807) is 26.0 Å². The molecule has 2 N–H and O–H groups in total. The molecule has 1 aliphatic rings. The molecule has 2 amide bonds. The van der Waals surface area contributed by atoms with E-state index in [0.717, 1.165) is 0 Å². The lowest BCUT2D eigenvalue weighted by Gasteiger charge is -2.15. The van der Waals surface area contributed by atoms with Crippen LogP contribution in [0.4, 0.5) is 10.7 Å². The molecular formula is C13H13ClN4O3S2. The average molecular weight is 373 g/mol. The normalized spacial score (nSPS) is 17.6. The highest BCUT2D eigenvalue weighted by Gasteiger charge is 2.28. The summed E-state index contributed by atoms with van der Waals surface area (Å²) in [6, 6.07) is 0.734. The highest BCUT2D eigenvalue weighted by atomic mass is 35.5. The van der Waals surface area contributed by atoms with Gasteiger partial charge in [-0.1, -0.05) is 24.4 Å². The molecule has 1 heterocycles. The van der Waals surface area contributed by atoms with E-state index >= 15 is 0 Å². The Balaban J connectivity index is 2.14. The SMILES string of the molecule is Cc1cc(C)nc(NC(=O)NS(=O)(=O)C2=CC=CC(Cl)C2=S)n1. The highest BCUT2D eigenvalue weighted by Crippen LogP contribution is 2.19. The summed E-state index contributed by atoms with van der Waals surface area (Å²) < 4.78 is 26.3. The van der Waals surface area contributed by atoms with E-state index in [-0.39, 0.29) is 15.7 Å². The molecule has 1 atom stereocenters. The number of carbonyl (C=O) groups is 1. The minimum atomic E-state index is -4.14. The fraction of sp³-hybridized carbons (Fsp3) is 0.231. The number of halogens is 1. The Morgan fingerprint density at radius 2 is 1.91 bits per heavy atom. The van der Waals surface area contributed by atoms with E-state index < -0.39 is 21.4 Å². The van der Waals surface area contributed by atoms with Crippen LogP contribution in [-0.2, 0) is 10.0 Å². The van der Waals surface area contributed by atoms with E-state index in [1.165, 1.54) is 12.2 Å². The Kier molecular flexibility index (Phi) is 5.12. The Hall–Kier alpha value is -1.84. The Bertz CT molecular complexity index is 813. The fourth-order valence-corrected chi connectivity index (χ4v) is 3.65. The second kappa shape index (κ2) is 6.73. The van der Waals surface area contributed by atoms with Crippen LogP contribution in [0.1, 0.15) is 11.4 Å². The number of carbonyl (C=O) groups excluding carboxylic acids is 1.